The first-order valence-corrected chi connectivity index (χ1v) is 9.92. The van der Waals surface area contributed by atoms with Crippen LogP contribution in [0.1, 0.15) is 30.9 Å². The van der Waals surface area contributed by atoms with E-state index in [2.05, 4.69) is 11.0 Å². The van der Waals surface area contributed by atoms with E-state index in [1.165, 1.54) is 0 Å². The van der Waals surface area contributed by atoms with Gasteiger partial charge in [-0.3, -0.25) is 9.69 Å². The predicted octanol–water partition coefficient (Wildman–Crippen LogP) is 4.05. The molecule has 150 valence electrons. The van der Waals surface area contributed by atoms with E-state index >= 15 is 0 Å². The average molecular weight is 383 g/mol. The molecule has 1 heterocycles. The number of carbonyl (C=O) groups is 1. The molecule has 5 nitrogen and oxygen atoms in total. The van der Waals surface area contributed by atoms with Gasteiger partial charge in [-0.15, -0.1) is 0 Å². The largest absolute Gasteiger partial charge is 0.493 e. The first-order chi connectivity index (χ1) is 13.7. The van der Waals surface area contributed by atoms with Gasteiger partial charge in [0.15, 0.2) is 11.5 Å². The molecule has 0 unspecified atom stereocenters. The SMILES string of the molecule is CCOC(=O)[C@H]1CCCN(Cc2ccc(OC)c(OCc3ccccc3)c2)C1. The topological polar surface area (TPSA) is 48.0 Å². The summed E-state index contributed by atoms with van der Waals surface area (Å²) in [6.07, 6.45) is 1.92. The number of benzene rings is 2. The van der Waals surface area contributed by atoms with E-state index in [1.54, 1.807) is 7.11 Å². The molecule has 1 aliphatic rings. The van der Waals surface area contributed by atoms with Gasteiger partial charge in [-0.05, 0) is 49.6 Å². The van der Waals surface area contributed by atoms with Crippen LogP contribution < -0.4 is 9.47 Å². The van der Waals surface area contributed by atoms with Crippen LogP contribution in [0.15, 0.2) is 48.5 Å². The van der Waals surface area contributed by atoms with Crippen molar-refractivity contribution in [3.05, 3.63) is 59.7 Å². The second-order valence-electron chi connectivity index (χ2n) is 7.09. The van der Waals surface area contributed by atoms with Crippen molar-refractivity contribution >= 4 is 5.97 Å². The van der Waals surface area contributed by atoms with Crippen LogP contribution in [-0.2, 0) is 22.7 Å². The highest BCUT2D eigenvalue weighted by atomic mass is 16.5. The Hall–Kier alpha value is -2.53. The summed E-state index contributed by atoms with van der Waals surface area (Å²) in [7, 11) is 1.65. The van der Waals surface area contributed by atoms with Crippen molar-refractivity contribution in [2.75, 3.05) is 26.8 Å². The number of nitrogens with zero attached hydrogens (tertiary/aromatic N) is 1. The van der Waals surface area contributed by atoms with Gasteiger partial charge >= 0.3 is 5.97 Å². The maximum Gasteiger partial charge on any atom is 0.310 e. The maximum atomic E-state index is 12.1. The molecule has 0 saturated carbocycles. The molecule has 0 aromatic heterocycles. The van der Waals surface area contributed by atoms with Crippen molar-refractivity contribution < 1.29 is 19.0 Å². The zero-order valence-electron chi connectivity index (χ0n) is 16.7. The molecule has 5 heteroatoms. The molecule has 2 aromatic rings. The van der Waals surface area contributed by atoms with Gasteiger partial charge in [-0.1, -0.05) is 36.4 Å². The third-order valence-corrected chi connectivity index (χ3v) is 5.00. The molecule has 1 fully saturated rings. The molecular formula is C23H29NO4. The second-order valence-corrected chi connectivity index (χ2v) is 7.09. The summed E-state index contributed by atoms with van der Waals surface area (Å²) in [5.41, 5.74) is 2.26. The molecule has 1 atom stereocenters. The van der Waals surface area contributed by atoms with E-state index in [1.807, 2.05) is 49.4 Å². The standard InChI is InChI=1S/C23H29NO4/c1-3-27-23(25)20-10-7-13-24(16-20)15-19-11-12-21(26-2)22(14-19)28-17-18-8-5-4-6-9-18/h4-6,8-9,11-12,14,20H,3,7,10,13,15-17H2,1-2H3/t20-/m0/s1. The first kappa shape index (κ1) is 20.2. The summed E-state index contributed by atoms with van der Waals surface area (Å²) >= 11 is 0. The quantitative estimate of drug-likeness (QED) is 0.644. The molecule has 0 N–H and O–H groups in total. The molecule has 0 bridgehead atoms. The van der Waals surface area contributed by atoms with Crippen LogP contribution >= 0.6 is 0 Å². The van der Waals surface area contributed by atoms with E-state index in [9.17, 15) is 4.79 Å². The number of piperidine rings is 1. The van der Waals surface area contributed by atoms with Gasteiger partial charge in [0.05, 0.1) is 19.6 Å². The number of hydrogen-bond acceptors (Lipinski definition) is 5. The number of likely N-dealkylation sites (tertiary alicyclic amines) is 1. The Balaban J connectivity index is 1.64. The van der Waals surface area contributed by atoms with Gasteiger partial charge < -0.3 is 14.2 Å². The fourth-order valence-corrected chi connectivity index (χ4v) is 3.58. The number of rotatable bonds is 8. The molecule has 3 rings (SSSR count). The Morgan fingerprint density at radius 3 is 2.68 bits per heavy atom. The van der Waals surface area contributed by atoms with Crippen molar-refractivity contribution in [1.29, 1.82) is 0 Å². The Morgan fingerprint density at radius 1 is 1.11 bits per heavy atom. The second kappa shape index (κ2) is 10.1. The number of carbonyl (C=O) groups excluding carboxylic acids is 1. The zero-order chi connectivity index (χ0) is 19.8. The van der Waals surface area contributed by atoms with E-state index in [0.717, 1.165) is 55.1 Å². The van der Waals surface area contributed by atoms with Crippen LogP contribution in [0.5, 0.6) is 11.5 Å². The lowest BCUT2D eigenvalue weighted by Gasteiger charge is -2.31. The average Bonchev–Trinajstić information content (AvgIpc) is 2.73. The smallest absolute Gasteiger partial charge is 0.310 e. The molecule has 0 aliphatic carbocycles. The summed E-state index contributed by atoms with van der Waals surface area (Å²) in [5, 5.41) is 0. The van der Waals surface area contributed by atoms with Gasteiger partial charge in [-0.25, -0.2) is 0 Å². The van der Waals surface area contributed by atoms with Crippen LogP contribution in [0.4, 0.5) is 0 Å². The van der Waals surface area contributed by atoms with E-state index in [4.69, 9.17) is 14.2 Å². The fraction of sp³-hybridized carbons (Fsp3) is 0.435. The Bertz CT molecular complexity index is 762. The van der Waals surface area contributed by atoms with Crippen LogP contribution in [0, 0.1) is 5.92 Å². The van der Waals surface area contributed by atoms with Crippen LogP contribution in [0.3, 0.4) is 0 Å². The monoisotopic (exact) mass is 383 g/mol. The van der Waals surface area contributed by atoms with Gasteiger partial charge in [0.2, 0.25) is 0 Å². The molecule has 2 aromatic carbocycles. The zero-order valence-corrected chi connectivity index (χ0v) is 16.7. The third-order valence-electron chi connectivity index (χ3n) is 5.00. The van der Waals surface area contributed by atoms with Crippen LogP contribution in [0.25, 0.3) is 0 Å². The number of esters is 1. The van der Waals surface area contributed by atoms with E-state index in [0.29, 0.717) is 13.2 Å². The van der Waals surface area contributed by atoms with Crippen LogP contribution in [-0.4, -0.2) is 37.7 Å². The molecule has 0 amide bonds. The van der Waals surface area contributed by atoms with E-state index in [-0.39, 0.29) is 11.9 Å². The first-order valence-electron chi connectivity index (χ1n) is 9.92. The lowest BCUT2D eigenvalue weighted by atomic mass is 9.97. The van der Waals surface area contributed by atoms with Crippen LogP contribution in [0.2, 0.25) is 0 Å². The minimum Gasteiger partial charge on any atom is -0.493 e. The van der Waals surface area contributed by atoms with Gasteiger partial charge in [-0.2, -0.15) is 0 Å². The Labute approximate surface area is 167 Å². The molecular weight excluding hydrogens is 354 g/mol. The number of methoxy groups -OCH3 is 1. The van der Waals surface area contributed by atoms with Crippen molar-refractivity contribution in [1.82, 2.24) is 4.90 Å². The predicted molar refractivity (Wildman–Crippen MR) is 108 cm³/mol. The highest BCUT2D eigenvalue weighted by Crippen LogP contribution is 2.30. The van der Waals surface area contributed by atoms with Gasteiger partial charge in [0, 0.05) is 13.1 Å². The summed E-state index contributed by atoms with van der Waals surface area (Å²) < 4.78 is 16.7. The molecule has 0 radical (unpaired) electrons. The van der Waals surface area contributed by atoms with Crippen molar-refractivity contribution in [2.24, 2.45) is 5.92 Å². The highest BCUT2D eigenvalue weighted by Gasteiger charge is 2.26. The summed E-state index contributed by atoms with van der Waals surface area (Å²) in [6.45, 7) is 5.30. The molecule has 1 aliphatic heterocycles. The minimum absolute atomic E-state index is 0.0271. The highest BCUT2D eigenvalue weighted by molar-refractivity contribution is 5.72. The Kier molecular flexibility index (Phi) is 7.31. The lowest BCUT2D eigenvalue weighted by molar-refractivity contribution is -0.150. The van der Waals surface area contributed by atoms with Crippen molar-refractivity contribution in [3.8, 4) is 11.5 Å². The Morgan fingerprint density at radius 2 is 1.93 bits per heavy atom. The fourth-order valence-electron chi connectivity index (χ4n) is 3.58. The van der Waals surface area contributed by atoms with Gasteiger partial charge in [0.1, 0.15) is 6.61 Å². The summed E-state index contributed by atoms with van der Waals surface area (Å²) in [4.78, 5) is 14.4. The van der Waals surface area contributed by atoms with Crippen molar-refractivity contribution in [3.63, 3.8) is 0 Å². The molecule has 0 spiro atoms. The molecule has 1 saturated heterocycles. The summed E-state index contributed by atoms with van der Waals surface area (Å²) in [6, 6.07) is 16.1. The number of hydrogen-bond donors (Lipinski definition) is 0. The third kappa shape index (κ3) is 5.49. The van der Waals surface area contributed by atoms with Crippen molar-refractivity contribution in [2.45, 2.75) is 32.9 Å². The normalized spacial score (nSPS) is 17.1. The number of ether oxygens (including phenoxy) is 3. The van der Waals surface area contributed by atoms with E-state index < -0.39 is 0 Å². The van der Waals surface area contributed by atoms with Gasteiger partial charge in [0.25, 0.3) is 0 Å². The lowest BCUT2D eigenvalue weighted by Crippen LogP contribution is -2.38. The minimum atomic E-state index is -0.0752. The molecule has 28 heavy (non-hydrogen) atoms. The maximum absolute atomic E-state index is 12.1. The summed E-state index contributed by atoms with van der Waals surface area (Å²) in [5.74, 6) is 1.36.